The molecule has 17 heavy (non-hydrogen) atoms. The molecule has 2 aromatic rings. The first-order chi connectivity index (χ1) is 8.31. The third kappa shape index (κ3) is 3.00. The van der Waals surface area contributed by atoms with E-state index in [1.807, 2.05) is 12.1 Å². The molecule has 1 aromatic carbocycles. The van der Waals surface area contributed by atoms with Crippen LogP contribution in [0.1, 0.15) is 41.0 Å². The molecular formula is C13H14N2O2. The van der Waals surface area contributed by atoms with Crippen LogP contribution in [0.25, 0.3) is 0 Å². The lowest BCUT2D eigenvalue weighted by molar-refractivity contribution is 0.111. The second-order valence-electron chi connectivity index (χ2n) is 3.91. The molecule has 1 aromatic heterocycles. The lowest BCUT2D eigenvalue weighted by atomic mass is 10.1. The van der Waals surface area contributed by atoms with Crippen molar-refractivity contribution in [2.45, 2.75) is 26.2 Å². The van der Waals surface area contributed by atoms with Crippen molar-refractivity contribution in [2.24, 2.45) is 0 Å². The molecule has 0 amide bonds. The molecule has 0 radical (unpaired) electrons. The monoisotopic (exact) mass is 230 g/mol. The highest BCUT2D eigenvalue weighted by atomic mass is 16.5. The van der Waals surface area contributed by atoms with Gasteiger partial charge in [0, 0.05) is 0 Å². The molecule has 0 unspecified atom stereocenters. The standard InChI is InChI=1S/C13H14N2O2/c1-2-4-10-5-3-6-11(7-10)8-13-14-12(9-16)15-17-13/h3,5-7,9H,2,4,8H2,1H3. The summed E-state index contributed by atoms with van der Waals surface area (Å²) in [6.45, 7) is 2.15. The number of aryl methyl sites for hydroxylation is 1. The van der Waals surface area contributed by atoms with Crippen LogP contribution >= 0.6 is 0 Å². The van der Waals surface area contributed by atoms with Gasteiger partial charge in [-0.05, 0) is 17.5 Å². The van der Waals surface area contributed by atoms with E-state index in [-0.39, 0.29) is 5.82 Å². The third-order valence-corrected chi connectivity index (χ3v) is 2.47. The summed E-state index contributed by atoms with van der Waals surface area (Å²) in [4.78, 5) is 14.4. The number of hydrogen-bond donors (Lipinski definition) is 0. The van der Waals surface area contributed by atoms with Crippen LogP contribution in [0.15, 0.2) is 28.8 Å². The van der Waals surface area contributed by atoms with Crippen molar-refractivity contribution in [1.82, 2.24) is 10.1 Å². The van der Waals surface area contributed by atoms with Gasteiger partial charge >= 0.3 is 0 Å². The van der Waals surface area contributed by atoms with Gasteiger partial charge in [0.05, 0.1) is 6.42 Å². The molecule has 4 nitrogen and oxygen atoms in total. The first-order valence-electron chi connectivity index (χ1n) is 5.67. The van der Waals surface area contributed by atoms with Gasteiger partial charge in [0.15, 0.2) is 6.29 Å². The second kappa shape index (κ2) is 5.39. The first kappa shape index (κ1) is 11.5. The Hall–Kier alpha value is -1.97. The lowest BCUT2D eigenvalue weighted by Gasteiger charge is -2.01. The molecule has 0 aliphatic rings. The van der Waals surface area contributed by atoms with Crippen molar-refractivity contribution < 1.29 is 9.32 Å². The Morgan fingerprint density at radius 2 is 2.18 bits per heavy atom. The highest BCUT2D eigenvalue weighted by molar-refractivity contribution is 5.68. The predicted octanol–water partition coefficient (Wildman–Crippen LogP) is 2.43. The average molecular weight is 230 g/mol. The van der Waals surface area contributed by atoms with E-state index < -0.39 is 0 Å². The second-order valence-corrected chi connectivity index (χ2v) is 3.91. The minimum absolute atomic E-state index is 0.102. The molecule has 0 aliphatic carbocycles. The highest BCUT2D eigenvalue weighted by Gasteiger charge is 2.06. The van der Waals surface area contributed by atoms with Crippen molar-refractivity contribution in [3.05, 3.63) is 47.1 Å². The van der Waals surface area contributed by atoms with E-state index in [0.717, 1.165) is 18.4 Å². The van der Waals surface area contributed by atoms with Crippen molar-refractivity contribution in [2.75, 3.05) is 0 Å². The van der Waals surface area contributed by atoms with Gasteiger partial charge in [0.2, 0.25) is 11.7 Å². The van der Waals surface area contributed by atoms with Gasteiger partial charge in [-0.1, -0.05) is 42.8 Å². The topological polar surface area (TPSA) is 56.0 Å². The van der Waals surface area contributed by atoms with Crippen LogP contribution in [0.4, 0.5) is 0 Å². The molecular weight excluding hydrogens is 216 g/mol. The number of rotatable bonds is 5. The highest BCUT2D eigenvalue weighted by Crippen LogP contribution is 2.11. The first-order valence-corrected chi connectivity index (χ1v) is 5.67. The molecule has 0 aliphatic heterocycles. The van der Waals surface area contributed by atoms with Crippen LogP contribution in [0, 0.1) is 0 Å². The Morgan fingerprint density at radius 1 is 1.35 bits per heavy atom. The van der Waals surface area contributed by atoms with Crippen LogP contribution in [-0.4, -0.2) is 16.4 Å². The fourth-order valence-corrected chi connectivity index (χ4v) is 1.75. The zero-order valence-corrected chi connectivity index (χ0v) is 9.72. The van der Waals surface area contributed by atoms with Crippen LogP contribution in [-0.2, 0) is 12.8 Å². The molecule has 88 valence electrons. The quantitative estimate of drug-likeness (QED) is 0.740. The fraction of sp³-hybridized carbons (Fsp3) is 0.308. The van der Waals surface area contributed by atoms with Gasteiger partial charge in [-0.2, -0.15) is 4.98 Å². The summed E-state index contributed by atoms with van der Waals surface area (Å²) in [6.07, 6.45) is 3.34. The SMILES string of the molecule is CCCc1cccc(Cc2nc(C=O)no2)c1. The maximum atomic E-state index is 10.4. The van der Waals surface area contributed by atoms with Crippen LogP contribution < -0.4 is 0 Å². The molecule has 0 spiro atoms. The van der Waals surface area contributed by atoms with Crippen LogP contribution in [0.3, 0.4) is 0 Å². The number of carbonyl (C=O) groups excluding carboxylic acids is 1. The molecule has 0 atom stereocenters. The lowest BCUT2D eigenvalue weighted by Crippen LogP contribution is -1.91. The summed E-state index contributed by atoms with van der Waals surface area (Å²) in [5, 5.41) is 3.54. The fourth-order valence-electron chi connectivity index (χ4n) is 1.75. The van der Waals surface area contributed by atoms with E-state index >= 15 is 0 Å². The summed E-state index contributed by atoms with van der Waals surface area (Å²) in [6, 6.07) is 8.28. The molecule has 0 bridgehead atoms. The molecule has 0 fully saturated rings. The van der Waals surface area contributed by atoms with E-state index in [9.17, 15) is 4.79 Å². The van der Waals surface area contributed by atoms with Crippen LogP contribution in [0.2, 0.25) is 0 Å². The van der Waals surface area contributed by atoms with Gasteiger partial charge in [-0.3, -0.25) is 4.79 Å². The molecule has 0 saturated carbocycles. The predicted molar refractivity (Wildman–Crippen MR) is 62.9 cm³/mol. The van der Waals surface area contributed by atoms with E-state index in [1.54, 1.807) is 0 Å². The number of aromatic nitrogens is 2. The Kier molecular flexibility index (Phi) is 3.65. The molecule has 0 saturated heterocycles. The summed E-state index contributed by atoms with van der Waals surface area (Å²) in [5.41, 5.74) is 2.43. The Bertz CT molecular complexity index is 506. The largest absolute Gasteiger partial charge is 0.339 e. The number of nitrogens with zero attached hydrogens (tertiary/aromatic N) is 2. The van der Waals surface area contributed by atoms with E-state index in [0.29, 0.717) is 18.6 Å². The maximum Gasteiger partial charge on any atom is 0.235 e. The van der Waals surface area contributed by atoms with Crippen molar-refractivity contribution in [1.29, 1.82) is 0 Å². The van der Waals surface area contributed by atoms with Gasteiger partial charge in [0.1, 0.15) is 0 Å². The van der Waals surface area contributed by atoms with E-state index in [2.05, 4.69) is 29.2 Å². The zero-order chi connectivity index (χ0) is 12.1. The minimum atomic E-state index is 0.102. The maximum absolute atomic E-state index is 10.4. The minimum Gasteiger partial charge on any atom is -0.339 e. The summed E-state index contributed by atoms with van der Waals surface area (Å²) >= 11 is 0. The van der Waals surface area contributed by atoms with Crippen molar-refractivity contribution in [3.63, 3.8) is 0 Å². The van der Waals surface area contributed by atoms with Gasteiger partial charge in [-0.15, -0.1) is 0 Å². The van der Waals surface area contributed by atoms with Gasteiger partial charge in [0.25, 0.3) is 0 Å². The normalized spacial score (nSPS) is 10.4. The third-order valence-electron chi connectivity index (χ3n) is 2.47. The van der Waals surface area contributed by atoms with Crippen molar-refractivity contribution >= 4 is 6.29 Å². The smallest absolute Gasteiger partial charge is 0.235 e. The van der Waals surface area contributed by atoms with E-state index in [4.69, 9.17) is 4.52 Å². The number of carbonyl (C=O) groups is 1. The molecule has 2 rings (SSSR count). The molecule has 0 N–H and O–H groups in total. The van der Waals surface area contributed by atoms with E-state index in [1.165, 1.54) is 5.56 Å². The Labute approximate surface area is 99.7 Å². The van der Waals surface area contributed by atoms with Crippen molar-refractivity contribution in [3.8, 4) is 0 Å². The Morgan fingerprint density at radius 3 is 2.88 bits per heavy atom. The molecule has 4 heteroatoms. The van der Waals surface area contributed by atoms with Gasteiger partial charge in [-0.25, -0.2) is 0 Å². The Balaban J connectivity index is 2.12. The number of aldehydes is 1. The van der Waals surface area contributed by atoms with Crippen LogP contribution in [0.5, 0.6) is 0 Å². The molecule has 1 heterocycles. The summed E-state index contributed by atoms with van der Waals surface area (Å²) < 4.78 is 4.97. The van der Waals surface area contributed by atoms with Gasteiger partial charge < -0.3 is 4.52 Å². The summed E-state index contributed by atoms with van der Waals surface area (Å²) in [5.74, 6) is 0.575. The zero-order valence-electron chi connectivity index (χ0n) is 9.72. The average Bonchev–Trinajstić information content (AvgIpc) is 2.78. The number of hydrogen-bond acceptors (Lipinski definition) is 4. The summed E-state index contributed by atoms with van der Waals surface area (Å²) in [7, 11) is 0. The number of benzene rings is 1.